The number of benzene rings is 2. The molecule has 0 bridgehead atoms. The number of nitrogens with one attached hydrogen (secondary N) is 1. The van der Waals surface area contributed by atoms with Crippen LogP contribution in [0.15, 0.2) is 78.0 Å². The van der Waals surface area contributed by atoms with Crippen LogP contribution in [-0.2, 0) is 0 Å². The first kappa shape index (κ1) is 18.6. The summed E-state index contributed by atoms with van der Waals surface area (Å²) in [6.45, 7) is 0. The number of aromatic nitrogens is 4. The normalized spacial score (nSPS) is 11.0. The lowest BCUT2D eigenvalue weighted by Crippen LogP contribution is -1.95. The summed E-state index contributed by atoms with van der Waals surface area (Å²) in [5.41, 5.74) is 6.39. The number of anilines is 1. The quantitative estimate of drug-likeness (QED) is 0.380. The number of hydrazone groups is 1. The largest absolute Gasteiger partial charge is 0.497 e. The summed E-state index contributed by atoms with van der Waals surface area (Å²) in [5.74, 6) is 1.28. The molecule has 2 aromatic carbocycles. The Labute approximate surface area is 172 Å². The lowest BCUT2D eigenvalue weighted by Gasteiger charge is -2.02. The van der Waals surface area contributed by atoms with Crippen molar-refractivity contribution in [1.82, 2.24) is 20.0 Å². The topological polar surface area (TPSA) is 77.2 Å². The Morgan fingerprint density at radius 1 is 1.00 bits per heavy atom. The Bertz CT molecular complexity index is 1110. The minimum atomic E-state index is 0.324. The van der Waals surface area contributed by atoms with Gasteiger partial charge in [0.25, 0.3) is 0 Å². The number of ether oxygens (including phenoxy) is 1. The van der Waals surface area contributed by atoms with Crippen LogP contribution < -0.4 is 10.2 Å². The molecule has 29 heavy (non-hydrogen) atoms. The summed E-state index contributed by atoms with van der Waals surface area (Å²) in [7, 11) is 1.64. The van der Waals surface area contributed by atoms with E-state index in [4.69, 9.17) is 21.4 Å². The van der Waals surface area contributed by atoms with Crippen LogP contribution in [0.1, 0.15) is 5.56 Å². The average Bonchev–Trinajstić information content (AvgIpc) is 3.20. The summed E-state index contributed by atoms with van der Waals surface area (Å²) in [5, 5.41) is 17.1. The minimum Gasteiger partial charge on any atom is -0.497 e. The first-order chi connectivity index (χ1) is 14.2. The van der Waals surface area contributed by atoms with Gasteiger partial charge in [-0.3, -0.25) is 5.43 Å². The Hall–Kier alpha value is -3.71. The first-order valence-corrected chi connectivity index (χ1v) is 9.18. The minimum absolute atomic E-state index is 0.324. The van der Waals surface area contributed by atoms with E-state index in [2.05, 4.69) is 20.7 Å². The number of hydrogen-bond donors (Lipinski definition) is 1. The van der Waals surface area contributed by atoms with Crippen LogP contribution in [0.4, 0.5) is 5.82 Å². The molecule has 0 aliphatic carbocycles. The molecule has 2 aromatic heterocycles. The summed E-state index contributed by atoms with van der Waals surface area (Å²) in [6, 6.07) is 21.0. The van der Waals surface area contributed by atoms with Gasteiger partial charge in [0, 0.05) is 17.3 Å². The monoisotopic (exact) mass is 404 g/mol. The van der Waals surface area contributed by atoms with Gasteiger partial charge in [-0.2, -0.15) is 10.2 Å². The predicted octanol–water partition coefficient (Wildman–Crippen LogP) is 4.44. The number of nitrogens with zero attached hydrogens (tertiary/aromatic N) is 5. The molecule has 0 amide bonds. The van der Waals surface area contributed by atoms with Crippen molar-refractivity contribution in [2.24, 2.45) is 5.10 Å². The second-order valence-corrected chi connectivity index (χ2v) is 6.44. The Morgan fingerprint density at radius 3 is 2.48 bits per heavy atom. The zero-order chi connectivity index (χ0) is 20.1. The number of hydrogen-bond acceptors (Lipinski definition) is 6. The number of rotatable bonds is 6. The molecule has 0 radical (unpaired) electrons. The summed E-state index contributed by atoms with van der Waals surface area (Å²) in [6.07, 6.45) is 3.62. The molecule has 0 spiro atoms. The van der Waals surface area contributed by atoms with Gasteiger partial charge in [-0.1, -0.05) is 29.8 Å². The van der Waals surface area contributed by atoms with Gasteiger partial charge in [0.1, 0.15) is 11.4 Å². The highest BCUT2D eigenvalue weighted by molar-refractivity contribution is 6.29. The fourth-order valence-corrected chi connectivity index (χ4v) is 2.81. The van der Waals surface area contributed by atoms with E-state index in [0.717, 1.165) is 28.3 Å². The SMILES string of the molecule is COc1ccc(-c2nn(-c3ccccc3)cc2/C=N/Nc2ccc(Cl)nn2)cc1. The van der Waals surface area contributed by atoms with Crippen molar-refractivity contribution in [3.63, 3.8) is 0 Å². The van der Waals surface area contributed by atoms with Crippen LogP contribution in [0.2, 0.25) is 5.15 Å². The lowest BCUT2D eigenvalue weighted by atomic mass is 10.1. The van der Waals surface area contributed by atoms with Gasteiger partial charge >= 0.3 is 0 Å². The van der Waals surface area contributed by atoms with Crippen molar-refractivity contribution in [3.8, 4) is 22.7 Å². The smallest absolute Gasteiger partial charge is 0.168 e. The van der Waals surface area contributed by atoms with Crippen molar-refractivity contribution in [2.75, 3.05) is 12.5 Å². The Balaban J connectivity index is 1.67. The van der Waals surface area contributed by atoms with E-state index < -0.39 is 0 Å². The fraction of sp³-hybridized carbons (Fsp3) is 0.0476. The lowest BCUT2D eigenvalue weighted by molar-refractivity contribution is 0.415. The van der Waals surface area contributed by atoms with Crippen LogP contribution in [-0.4, -0.2) is 33.3 Å². The second kappa shape index (κ2) is 8.53. The number of methoxy groups -OCH3 is 1. The third-order valence-electron chi connectivity index (χ3n) is 4.14. The zero-order valence-electron chi connectivity index (χ0n) is 15.5. The number of halogens is 1. The van der Waals surface area contributed by atoms with E-state index >= 15 is 0 Å². The standard InChI is InChI=1S/C21H17ClN6O/c1-29-18-9-7-15(8-10-18)21-16(13-23-25-20-12-11-19(22)24-26-20)14-28(27-21)17-5-3-2-4-6-17/h2-14H,1H3,(H,25,26)/b23-13+. The molecule has 2 heterocycles. The van der Waals surface area contributed by atoms with Crippen LogP contribution in [0.3, 0.4) is 0 Å². The molecule has 0 saturated carbocycles. The molecular formula is C21H17ClN6O. The molecule has 0 fully saturated rings. The third kappa shape index (κ3) is 4.41. The van der Waals surface area contributed by atoms with E-state index in [9.17, 15) is 0 Å². The molecule has 1 N–H and O–H groups in total. The Kier molecular flexibility index (Phi) is 5.49. The number of para-hydroxylation sites is 1. The second-order valence-electron chi connectivity index (χ2n) is 6.05. The molecule has 7 nitrogen and oxygen atoms in total. The molecule has 0 saturated heterocycles. The van der Waals surface area contributed by atoms with Crippen molar-refractivity contribution in [1.29, 1.82) is 0 Å². The summed E-state index contributed by atoms with van der Waals surface area (Å²) < 4.78 is 7.07. The molecule has 4 rings (SSSR count). The fourth-order valence-electron chi connectivity index (χ4n) is 2.71. The maximum atomic E-state index is 5.75. The molecule has 8 heteroatoms. The third-order valence-corrected chi connectivity index (χ3v) is 4.34. The maximum absolute atomic E-state index is 5.75. The van der Waals surface area contributed by atoms with Gasteiger partial charge in [0.05, 0.1) is 19.0 Å². The van der Waals surface area contributed by atoms with Gasteiger partial charge < -0.3 is 4.74 Å². The van der Waals surface area contributed by atoms with Crippen LogP contribution >= 0.6 is 11.6 Å². The highest BCUT2D eigenvalue weighted by Crippen LogP contribution is 2.25. The molecule has 0 aliphatic heterocycles. The van der Waals surface area contributed by atoms with Gasteiger partial charge in [-0.25, -0.2) is 4.68 Å². The molecule has 0 atom stereocenters. The van der Waals surface area contributed by atoms with Crippen LogP contribution in [0, 0.1) is 0 Å². The molecule has 0 unspecified atom stereocenters. The molecule has 0 aliphatic rings. The average molecular weight is 405 g/mol. The zero-order valence-corrected chi connectivity index (χ0v) is 16.3. The first-order valence-electron chi connectivity index (χ1n) is 8.81. The van der Waals surface area contributed by atoms with Crippen molar-refractivity contribution < 1.29 is 4.74 Å². The van der Waals surface area contributed by atoms with Gasteiger partial charge in [0.15, 0.2) is 11.0 Å². The van der Waals surface area contributed by atoms with E-state index in [-0.39, 0.29) is 0 Å². The van der Waals surface area contributed by atoms with E-state index in [1.54, 1.807) is 25.5 Å². The summed E-state index contributed by atoms with van der Waals surface area (Å²) in [4.78, 5) is 0. The Morgan fingerprint density at radius 2 is 1.79 bits per heavy atom. The maximum Gasteiger partial charge on any atom is 0.168 e. The predicted molar refractivity (Wildman–Crippen MR) is 114 cm³/mol. The highest BCUT2D eigenvalue weighted by atomic mass is 35.5. The van der Waals surface area contributed by atoms with E-state index in [1.807, 2.05) is 65.5 Å². The molecular weight excluding hydrogens is 388 g/mol. The summed E-state index contributed by atoms with van der Waals surface area (Å²) >= 11 is 5.75. The van der Waals surface area contributed by atoms with E-state index in [0.29, 0.717) is 11.0 Å². The van der Waals surface area contributed by atoms with Gasteiger partial charge in [-0.15, -0.1) is 10.2 Å². The highest BCUT2D eigenvalue weighted by Gasteiger charge is 2.11. The van der Waals surface area contributed by atoms with Crippen LogP contribution in [0.25, 0.3) is 16.9 Å². The van der Waals surface area contributed by atoms with Gasteiger partial charge in [-0.05, 0) is 48.5 Å². The van der Waals surface area contributed by atoms with Gasteiger partial charge in [0.2, 0.25) is 0 Å². The van der Waals surface area contributed by atoms with E-state index in [1.165, 1.54) is 0 Å². The van der Waals surface area contributed by atoms with Crippen molar-refractivity contribution in [2.45, 2.75) is 0 Å². The van der Waals surface area contributed by atoms with Crippen molar-refractivity contribution in [3.05, 3.63) is 83.6 Å². The van der Waals surface area contributed by atoms with Crippen molar-refractivity contribution >= 4 is 23.6 Å². The molecule has 144 valence electrons. The molecule has 4 aromatic rings. The van der Waals surface area contributed by atoms with Crippen LogP contribution in [0.5, 0.6) is 5.75 Å².